The molecule has 7 nitrogen and oxygen atoms in total. The van der Waals surface area contributed by atoms with Crippen molar-refractivity contribution in [1.82, 2.24) is 0 Å². The van der Waals surface area contributed by atoms with Crippen LogP contribution in [0, 0.1) is 13.8 Å². The number of carbonyl (C=O) groups is 2. The van der Waals surface area contributed by atoms with E-state index < -0.39 is 22.5 Å². The van der Waals surface area contributed by atoms with Crippen LogP contribution in [-0.4, -0.2) is 33.8 Å². The van der Waals surface area contributed by atoms with Crippen LogP contribution < -0.4 is 14.4 Å². The number of Topliss-reactive ketones (excluding diaryl/α,β-unsaturated/α-hetero) is 1. The molecule has 33 heavy (non-hydrogen) atoms. The van der Waals surface area contributed by atoms with Crippen LogP contribution in [0.25, 0.3) is 0 Å². The highest BCUT2D eigenvalue weighted by molar-refractivity contribution is 7.93. The Kier molecular flexibility index (Phi) is 7.18. The van der Waals surface area contributed by atoms with Crippen LogP contribution >= 0.6 is 0 Å². The first-order chi connectivity index (χ1) is 15.6. The number of ketones is 1. The average molecular weight is 467 g/mol. The van der Waals surface area contributed by atoms with Crippen LogP contribution in [0.4, 0.5) is 11.4 Å². The number of nitrogens with one attached hydrogen (secondary N) is 1. The highest BCUT2D eigenvalue weighted by Gasteiger charge is 2.30. The van der Waals surface area contributed by atoms with Crippen molar-refractivity contribution in [1.29, 1.82) is 0 Å². The first-order valence-corrected chi connectivity index (χ1v) is 11.7. The molecule has 0 bridgehead atoms. The van der Waals surface area contributed by atoms with Gasteiger partial charge in [-0.05, 0) is 62.7 Å². The Morgan fingerprint density at radius 1 is 0.939 bits per heavy atom. The Bertz CT molecular complexity index is 1280. The zero-order chi connectivity index (χ0) is 24.2. The Labute approximate surface area is 194 Å². The van der Waals surface area contributed by atoms with E-state index in [9.17, 15) is 18.0 Å². The molecule has 0 saturated carbocycles. The van der Waals surface area contributed by atoms with Gasteiger partial charge in [-0.25, -0.2) is 8.42 Å². The number of hydrogen-bond donors (Lipinski definition) is 1. The number of amides is 1. The first kappa shape index (κ1) is 24.0. The van der Waals surface area contributed by atoms with Gasteiger partial charge in [0.15, 0.2) is 5.78 Å². The molecule has 0 aliphatic carbocycles. The minimum absolute atomic E-state index is 0.0306. The number of nitrogens with zero attached hydrogens (tertiary/aromatic N) is 1. The van der Waals surface area contributed by atoms with Crippen molar-refractivity contribution in [2.75, 3.05) is 23.3 Å². The Morgan fingerprint density at radius 2 is 1.61 bits per heavy atom. The molecule has 0 spiro atoms. The second kappa shape index (κ2) is 9.87. The van der Waals surface area contributed by atoms with Crippen LogP contribution in [0.15, 0.2) is 71.6 Å². The quantitative estimate of drug-likeness (QED) is 0.498. The molecule has 0 aliphatic rings. The molecule has 0 radical (unpaired) electrons. The fourth-order valence-corrected chi connectivity index (χ4v) is 4.94. The van der Waals surface area contributed by atoms with Gasteiger partial charge in [0.25, 0.3) is 10.0 Å². The van der Waals surface area contributed by atoms with E-state index in [1.165, 1.54) is 20.1 Å². The third-order valence-corrected chi connectivity index (χ3v) is 6.84. The average Bonchev–Trinajstić information content (AvgIpc) is 2.78. The van der Waals surface area contributed by atoms with Crippen molar-refractivity contribution in [2.45, 2.75) is 25.7 Å². The summed E-state index contributed by atoms with van der Waals surface area (Å²) in [5, 5.41) is 2.68. The second-order valence-electron chi connectivity index (χ2n) is 7.69. The summed E-state index contributed by atoms with van der Waals surface area (Å²) in [5.74, 6) is -0.500. The molecular formula is C25H26N2O5S. The molecule has 0 heterocycles. The molecule has 3 aromatic rings. The fraction of sp³-hybridized carbons (Fsp3) is 0.200. The van der Waals surface area contributed by atoms with E-state index in [-0.39, 0.29) is 16.4 Å². The number of ether oxygens (including phenoxy) is 1. The molecule has 1 N–H and O–H groups in total. The molecule has 0 saturated heterocycles. The molecule has 0 fully saturated rings. The smallest absolute Gasteiger partial charge is 0.268 e. The van der Waals surface area contributed by atoms with E-state index in [0.29, 0.717) is 16.9 Å². The van der Waals surface area contributed by atoms with Gasteiger partial charge in [0.1, 0.15) is 17.2 Å². The number of benzene rings is 3. The maximum absolute atomic E-state index is 13.7. The van der Waals surface area contributed by atoms with Crippen LogP contribution in [-0.2, 0) is 14.8 Å². The van der Waals surface area contributed by atoms with Gasteiger partial charge < -0.3 is 10.1 Å². The van der Waals surface area contributed by atoms with Crippen LogP contribution in [0.5, 0.6) is 5.75 Å². The predicted molar refractivity (Wildman–Crippen MR) is 129 cm³/mol. The van der Waals surface area contributed by atoms with Gasteiger partial charge in [-0.1, -0.05) is 35.9 Å². The van der Waals surface area contributed by atoms with E-state index in [2.05, 4.69) is 5.32 Å². The predicted octanol–water partition coefficient (Wildman–Crippen LogP) is 4.35. The van der Waals surface area contributed by atoms with Crippen molar-refractivity contribution in [3.8, 4) is 5.75 Å². The summed E-state index contributed by atoms with van der Waals surface area (Å²) < 4.78 is 33.7. The first-order valence-electron chi connectivity index (χ1n) is 10.3. The highest BCUT2D eigenvalue weighted by Crippen LogP contribution is 2.31. The third kappa shape index (κ3) is 5.59. The summed E-state index contributed by atoms with van der Waals surface area (Å²) in [7, 11) is -2.75. The number of carbonyl (C=O) groups excluding carboxylic acids is 2. The number of anilines is 2. The summed E-state index contributed by atoms with van der Waals surface area (Å²) >= 11 is 0. The lowest BCUT2D eigenvalue weighted by molar-refractivity contribution is -0.114. The summed E-state index contributed by atoms with van der Waals surface area (Å²) in [5.41, 5.74) is 2.89. The number of methoxy groups -OCH3 is 1. The molecule has 0 aliphatic heterocycles. The number of sulfonamides is 1. The van der Waals surface area contributed by atoms with Crippen molar-refractivity contribution >= 4 is 33.1 Å². The molecule has 1 amide bonds. The zero-order valence-electron chi connectivity index (χ0n) is 19.0. The summed E-state index contributed by atoms with van der Waals surface area (Å²) in [6.07, 6.45) is 0. The van der Waals surface area contributed by atoms with Gasteiger partial charge in [0.05, 0.1) is 12.8 Å². The Morgan fingerprint density at radius 3 is 2.24 bits per heavy atom. The maximum Gasteiger partial charge on any atom is 0.268 e. The van der Waals surface area contributed by atoms with E-state index in [4.69, 9.17) is 4.74 Å². The van der Waals surface area contributed by atoms with Crippen molar-refractivity contribution < 1.29 is 22.7 Å². The molecule has 8 heteroatoms. The van der Waals surface area contributed by atoms with Crippen LogP contribution in [0.1, 0.15) is 28.4 Å². The second-order valence-corrected chi connectivity index (χ2v) is 9.52. The zero-order valence-corrected chi connectivity index (χ0v) is 19.8. The van der Waals surface area contributed by atoms with Gasteiger partial charge in [-0.3, -0.25) is 13.9 Å². The monoisotopic (exact) mass is 466 g/mol. The van der Waals surface area contributed by atoms with Crippen LogP contribution in [0.2, 0.25) is 0 Å². The largest absolute Gasteiger partial charge is 0.495 e. The lowest BCUT2D eigenvalue weighted by Crippen LogP contribution is -2.38. The minimum atomic E-state index is -4.15. The number of hydrogen-bond acceptors (Lipinski definition) is 5. The van der Waals surface area contributed by atoms with Crippen molar-refractivity contribution in [3.63, 3.8) is 0 Å². The number of rotatable bonds is 8. The van der Waals surface area contributed by atoms with Gasteiger partial charge in [0.2, 0.25) is 5.91 Å². The summed E-state index contributed by atoms with van der Waals surface area (Å²) in [4.78, 5) is 24.5. The SMILES string of the molecule is COc1ccc(C)cc1S(=O)(=O)N(CC(=O)Nc1cccc(C(C)=O)c1)c1ccc(C)cc1. The van der Waals surface area contributed by atoms with Gasteiger partial charge in [0, 0.05) is 11.3 Å². The van der Waals surface area contributed by atoms with E-state index >= 15 is 0 Å². The van der Waals surface area contributed by atoms with Crippen molar-refractivity contribution in [2.24, 2.45) is 0 Å². The fourth-order valence-electron chi connectivity index (χ4n) is 3.28. The lowest BCUT2D eigenvalue weighted by Gasteiger charge is -2.25. The molecule has 3 aromatic carbocycles. The highest BCUT2D eigenvalue weighted by atomic mass is 32.2. The molecule has 172 valence electrons. The topological polar surface area (TPSA) is 92.8 Å². The van der Waals surface area contributed by atoms with E-state index in [0.717, 1.165) is 15.4 Å². The third-order valence-electron chi connectivity index (χ3n) is 5.05. The van der Waals surface area contributed by atoms with Gasteiger partial charge >= 0.3 is 0 Å². The van der Waals surface area contributed by atoms with Gasteiger partial charge in [-0.15, -0.1) is 0 Å². The van der Waals surface area contributed by atoms with Crippen molar-refractivity contribution in [3.05, 3.63) is 83.4 Å². The Balaban J connectivity index is 2.00. The summed E-state index contributed by atoms with van der Waals surface area (Å²) in [6.45, 7) is 4.64. The molecule has 0 aromatic heterocycles. The molecule has 3 rings (SSSR count). The van der Waals surface area contributed by atoms with E-state index in [1.807, 2.05) is 6.92 Å². The molecular weight excluding hydrogens is 440 g/mol. The lowest BCUT2D eigenvalue weighted by atomic mass is 10.1. The normalized spacial score (nSPS) is 11.0. The van der Waals surface area contributed by atoms with Crippen LogP contribution in [0.3, 0.4) is 0 Å². The Hall–Kier alpha value is -3.65. The summed E-state index contributed by atoms with van der Waals surface area (Å²) in [6, 6.07) is 18.2. The maximum atomic E-state index is 13.7. The number of aryl methyl sites for hydroxylation is 2. The molecule has 0 atom stereocenters. The van der Waals surface area contributed by atoms with E-state index in [1.54, 1.807) is 67.6 Å². The molecule has 0 unspecified atom stereocenters. The van der Waals surface area contributed by atoms with Gasteiger partial charge in [-0.2, -0.15) is 0 Å². The standard InChI is InChI=1S/C25H26N2O5S/c1-17-8-11-22(12-9-17)27(33(30,31)24-14-18(2)10-13-23(24)32-4)16-25(29)26-21-7-5-6-20(15-21)19(3)28/h5-15H,16H2,1-4H3,(H,26,29). The minimum Gasteiger partial charge on any atom is -0.495 e.